The third-order valence-corrected chi connectivity index (χ3v) is 4.22. The average molecular weight is 306 g/mol. The van der Waals surface area contributed by atoms with Crippen LogP contribution in [0, 0.1) is 5.92 Å². The van der Waals surface area contributed by atoms with Crippen LogP contribution in [0.25, 0.3) is 0 Å². The van der Waals surface area contributed by atoms with E-state index in [0.29, 0.717) is 6.54 Å². The van der Waals surface area contributed by atoms with Gasteiger partial charge in [0, 0.05) is 25.6 Å². The molecule has 0 saturated carbocycles. The van der Waals surface area contributed by atoms with E-state index < -0.39 is 18.5 Å². The van der Waals surface area contributed by atoms with Crippen molar-refractivity contribution in [1.82, 2.24) is 10.2 Å². The minimum absolute atomic E-state index is 0.117. The van der Waals surface area contributed by atoms with Crippen molar-refractivity contribution in [1.29, 1.82) is 0 Å². The van der Waals surface area contributed by atoms with Crippen molar-refractivity contribution in [2.75, 3.05) is 13.1 Å². The van der Waals surface area contributed by atoms with Gasteiger partial charge in [0.15, 0.2) is 0 Å². The lowest BCUT2D eigenvalue weighted by Gasteiger charge is -2.42. The fourth-order valence-corrected chi connectivity index (χ4v) is 3.16. The van der Waals surface area contributed by atoms with Gasteiger partial charge in [-0.25, -0.2) is 0 Å². The second-order valence-electron chi connectivity index (χ2n) is 5.83. The maximum atomic E-state index is 12.0. The largest absolute Gasteiger partial charge is 0.389 e. The molecule has 120 valence electrons. The maximum Gasteiger partial charge on any atom is 0.389 e. The maximum absolute atomic E-state index is 12.0. The molecule has 0 spiro atoms. The minimum Gasteiger partial charge on any atom is -0.356 e. The fourth-order valence-electron chi connectivity index (χ4n) is 3.16. The molecule has 21 heavy (non-hydrogen) atoms. The Hall–Kier alpha value is -1.27. The van der Waals surface area contributed by atoms with E-state index in [1.165, 1.54) is 6.42 Å². The highest BCUT2D eigenvalue weighted by Gasteiger charge is 2.53. The fraction of sp³-hybridized carbons (Fsp3) is 0.857. The number of carbonyl (C=O) groups is 2. The number of hydrogen-bond donors (Lipinski definition) is 1. The summed E-state index contributed by atoms with van der Waals surface area (Å²) in [5.41, 5.74) is 0. The molecule has 3 aliphatic heterocycles. The van der Waals surface area contributed by atoms with Gasteiger partial charge in [0.05, 0.1) is 12.3 Å². The first-order valence-electron chi connectivity index (χ1n) is 7.52. The normalized spacial score (nSPS) is 28.8. The second-order valence-corrected chi connectivity index (χ2v) is 5.83. The predicted octanol–water partition coefficient (Wildman–Crippen LogP) is 2.24. The van der Waals surface area contributed by atoms with Crippen LogP contribution in [0.2, 0.25) is 0 Å². The third kappa shape index (κ3) is 4.35. The summed E-state index contributed by atoms with van der Waals surface area (Å²) < 4.78 is 36.0. The summed E-state index contributed by atoms with van der Waals surface area (Å²) in [6, 6.07) is -0.117. The van der Waals surface area contributed by atoms with Gasteiger partial charge in [0.25, 0.3) is 0 Å². The molecule has 0 aromatic heterocycles. The molecule has 2 atom stereocenters. The Bertz CT molecular complexity index is 388. The van der Waals surface area contributed by atoms with Crippen LogP contribution in [-0.2, 0) is 9.59 Å². The van der Waals surface area contributed by atoms with Crippen LogP contribution in [0.5, 0.6) is 0 Å². The molecule has 0 aromatic carbocycles. The van der Waals surface area contributed by atoms with E-state index in [1.807, 2.05) is 0 Å². The van der Waals surface area contributed by atoms with Crippen molar-refractivity contribution in [2.45, 2.75) is 57.2 Å². The van der Waals surface area contributed by atoms with Crippen LogP contribution < -0.4 is 5.32 Å². The van der Waals surface area contributed by atoms with Gasteiger partial charge in [-0.05, 0) is 25.7 Å². The standard InChI is InChI=1S/C8H10F3NO.C6H11NO/c9-8(10,11)4-5-6-2-1-3-12(6)7(5)13;8-6-4-2-1-3-5-7-6/h5-6H,1-4H2;1-5H2,(H,7,8). The number of carbonyl (C=O) groups excluding carboxylic acids is 2. The van der Waals surface area contributed by atoms with E-state index in [9.17, 15) is 22.8 Å². The van der Waals surface area contributed by atoms with E-state index in [0.717, 1.165) is 38.6 Å². The second kappa shape index (κ2) is 6.66. The van der Waals surface area contributed by atoms with Crippen LogP contribution in [-0.4, -0.2) is 42.0 Å². The van der Waals surface area contributed by atoms with Gasteiger partial charge in [-0.1, -0.05) is 6.42 Å². The number of nitrogens with zero attached hydrogens (tertiary/aromatic N) is 1. The van der Waals surface area contributed by atoms with Crippen molar-refractivity contribution >= 4 is 11.8 Å². The van der Waals surface area contributed by atoms with Gasteiger partial charge in [-0.2, -0.15) is 13.2 Å². The zero-order chi connectivity index (χ0) is 15.5. The third-order valence-electron chi connectivity index (χ3n) is 4.22. The van der Waals surface area contributed by atoms with Crippen molar-refractivity contribution in [3.05, 3.63) is 0 Å². The summed E-state index contributed by atoms with van der Waals surface area (Å²) >= 11 is 0. The molecule has 7 heteroatoms. The van der Waals surface area contributed by atoms with E-state index in [1.54, 1.807) is 4.90 Å². The summed E-state index contributed by atoms with van der Waals surface area (Å²) in [6.45, 7) is 1.54. The van der Waals surface area contributed by atoms with E-state index in [4.69, 9.17) is 0 Å². The molecule has 3 rings (SSSR count). The van der Waals surface area contributed by atoms with Gasteiger partial charge < -0.3 is 10.2 Å². The lowest BCUT2D eigenvalue weighted by molar-refractivity contribution is -0.179. The summed E-state index contributed by atoms with van der Waals surface area (Å²) in [5.74, 6) is -0.857. The molecule has 3 fully saturated rings. The number of alkyl halides is 3. The SMILES string of the molecule is O=C1C(CC(F)(F)F)C2CCCN12.O=C1CCCCCN1. The monoisotopic (exact) mass is 306 g/mol. The zero-order valence-corrected chi connectivity index (χ0v) is 11.9. The summed E-state index contributed by atoms with van der Waals surface area (Å²) in [6.07, 6.45) is 0.634. The van der Waals surface area contributed by atoms with Crippen LogP contribution in [0.3, 0.4) is 0 Å². The molecular formula is C14H21F3N2O2. The highest BCUT2D eigenvalue weighted by atomic mass is 19.4. The number of nitrogens with one attached hydrogen (secondary N) is 1. The van der Waals surface area contributed by atoms with Gasteiger partial charge in [0.2, 0.25) is 11.8 Å². The molecule has 0 aliphatic carbocycles. The van der Waals surface area contributed by atoms with Gasteiger partial charge in [-0.3, -0.25) is 9.59 Å². The van der Waals surface area contributed by atoms with Gasteiger partial charge >= 0.3 is 6.18 Å². The number of amides is 2. The Labute approximate surface area is 122 Å². The highest BCUT2D eigenvalue weighted by molar-refractivity contribution is 5.86. The number of β-lactam (4-membered cyclic amide) rings is 1. The quantitative estimate of drug-likeness (QED) is 0.755. The smallest absolute Gasteiger partial charge is 0.356 e. The van der Waals surface area contributed by atoms with Gasteiger partial charge in [-0.15, -0.1) is 0 Å². The Balaban J connectivity index is 0.000000173. The van der Waals surface area contributed by atoms with Crippen LogP contribution in [0.15, 0.2) is 0 Å². The molecule has 0 radical (unpaired) electrons. The molecule has 2 amide bonds. The summed E-state index contributed by atoms with van der Waals surface area (Å²) in [4.78, 5) is 23.3. The van der Waals surface area contributed by atoms with Crippen molar-refractivity contribution in [3.8, 4) is 0 Å². The number of fused-ring (bicyclic) bond motifs is 1. The van der Waals surface area contributed by atoms with Gasteiger partial charge in [0.1, 0.15) is 0 Å². The molecule has 1 N–H and O–H groups in total. The first-order valence-corrected chi connectivity index (χ1v) is 7.52. The van der Waals surface area contributed by atoms with E-state index >= 15 is 0 Å². The topological polar surface area (TPSA) is 49.4 Å². The Morgan fingerprint density at radius 2 is 1.90 bits per heavy atom. The molecular weight excluding hydrogens is 285 g/mol. The molecule has 3 heterocycles. The Morgan fingerprint density at radius 1 is 1.14 bits per heavy atom. The number of halogens is 3. The molecule has 3 aliphatic rings. The Kier molecular flexibility index (Phi) is 5.11. The summed E-state index contributed by atoms with van der Waals surface area (Å²) in [7, 11) is 0. The zero-order valence-electron chi connectivity index (χ0n) is 11.9. The molecule has 4 nitrogen and oxygen atoms in total. The van der Waals surface area contributed by atoms with Crippen LogP contribution >= 0.6 is 0 Å². The van der Waals surface area contributed by atoms with Crippen molar-refractivity contribution in [2.24, 2.45) is 5.92 Å². The van der Waals surface area contributed by atoms with Crippen molar-refractivity contribution < 1.29 is 22.8 Å². The first-order chi connectivity index (χ1) is 9.88. The predicted molar refractivity (Wildman–Crippen MR) is 70.4 cm³/mol. The number of rotatable bonds is 1. The molecule has 3 saturated heterocycles. The van der Waals surface area contributed by atoms with E-state index in [2.05, 4.69) is 5.32 Å². The minimum atomic E-state index is -4.20. The molecule has 0 bridgehead atoms. The lowest BCUT2D eigenvalue weighted by Crippen LogP contribution is -2.58. The molecule has 0 aromatic rings. The summed E-state index contributed by atoms with van der Waals surface area (Å²) in [5, 5.41) is 2.81. The van der Waals surface area contributed by atoms with Crippen LogP contribution in [0.4, 0.5) is 13.2 Å². The molecule has 2 unspecified atom stereocenters. The van der Waals surface area contributed by atoms with Crippen LogP contribution in [0.1, 0.15) is 44.9 Å². The highest BCUT2D eigenvalue weighted by Crippen LogP contribution is 2.41. The van der Waals surface area contributed by atoms with E-state index in [-0.39, 0.29) is 17.9 Å². The van der Waals surface area contributed by atoms with Crippen molar-refractivity contribution in [3.63, 3.8) is 0 Å². The number of hydrogen-bond acceptors (Lipinski definition) is 2. The average Bonchev–Trinajstić information content (AvgIpc) is 2.71. The first kappa shape index (κ1) is 16.1. The lowest BCUT2D eigenvalue weighted by atomic mass is 9.85. The Morgan fingerprint density at radius 3 is 2.62 bits per heavy atom.